The van der Waals surface area contributed by atoms with Crippen LogP contribution in [0.25, 0.3) is 0 Å². The first kappa shape index (κ1) is 81.9. The minimum Gasteiger partial charge on any atom is -0.756 e. The first-order chi connectivity index (χ1) is 42.0. The molecule has 0 aliphatic heterocycles. The molecule has 86 heavy (non-hydrogen) atoms. The first-order valence-electron chi connectivity index (χ1n) is 34.5. The van der Waals surface area contributed by atoms with E-state index in [1.807, 2.05) is 21.1 Å². The summed E-state index contributed by atoms with van der Waals surface area (Å²) in [4.78, 5) is 38.0. The molecule has 0 heterocycles. The van der Waals surface area contributed by atoms with Gasteiger partial charge in [0.1, 0.15) is 19.8 Å². The second-order valence-corrected chi connectivity index (χ2v) is 25.2. The summed E-state index contributed by atoms with van der Waals surface area (Å²) in [5, 5.41) is 0. The van der Waals surface area contributed by atoms with Gasteiger partial charge in [-0.05, 0) is 122 Å². The van der Waals surface area contributed by atoms with E-state index >= 15 is 0 Å². The maximum Gasteiger partial charge on any atom is 0.306 e. The van der Waals surface area contributed by atoms with Gasteiger partial charge in [0.15, 0.2) is 6.10 Å². The summed E-state index contributed by atoms with van der Waals surface area (Å²) < 4.78 is 34.3. The fraction of sp³-hybridized carbons (Fsp3) is 0.658. The van der Waals surface area contributed by atoms with Gasteiger partial charge in [0, 0.05) is 12.8 Å². The van der Waals surface area contributed by atoms with Crippen LogP contribution in [0.3, 0.4) is 0 Å². The highest BCUT2D eigenvalue weighted by Gasteiger charge is 2.22. The zero-order valence-electron chi connectivity index (χ0n) is 55.7. The van der Waals surface area contributed by atoms with Gasteiger partial charge in [0.05, 0.1) is 27.7 Å². The minimum atomic E-state index is -4.65. The molecule has 0 radical (unpaired) electrons. The van der Waals surface area contributed by atoms with E-state index in [-0.39, 0.29) is 26.1 Å². The molecule has 0 aliphatic rings. The number of carbonyl (C=O) groups excluding carboxylic acids is 2. The fourth-order valence-corrected chi connectivity index (χ4v) is 9.80. The van der Waals surface area contributed by atoms with E-state index in [0.717, 1.165) is 128 Å². The van der Waals surface area contributed by atoms with Crippen molar-refractivity contribution in [2.45, 2.75) is 277 Å². The van der Waals surface area contributed by atoms with E-state index in [1.165, 1.54) is 109 Å². The van der Waals surface area contributed by atoms with Crippen LogP contribution < -0.4 is 4.89 Å². The lowest BCUT2D eigenvalue weighted by Crippen LogP contribution is -2.37. The van der Waals surface area contributed by atoms with Gasteiger partial charge in [-0.3, -0.25) is 14.2 Å². The van der Waals surface area contributed by atoms with E-state index in [9.17, 15) is 19.0 Å². The number of likely N-dealkylation sites (N-methyl/N-ethyl adjacent to an activating group) is 1. The maximum atomic E-state index is 12.9. The summed E-state index contributed by atoms with van der Waals surface area (Å²) in [6.07, 6.45) is 96.3. The van der Waals surface area contributed by atoms with Crippen molar-refractivity contribution in [3.8, 4) is 0 Å². The highest BCUT2D eigenvalue weighted by Crippen LogP contribution is 2.38. The van der Waals surface area contributed by atoms with E-state index < -0.39 is 32.5 Å². The number of carbonyl (C=O) groups is 2. The number of nitrogens with zero attached hydrogens (tertiary/aromatic N) is 1. The monoisotopic (exact) mass is 1210 g/mol. The third-order valence-corrected chi connectivity index (χ3v) is 15.3. The Labute approximate surface area is 529 Å². The van der Waals surface area contributed by atoms with Crippen molar-refractivity contribution in [1.29, 1.82) is 0 Å². The summed E-state index contributed by atoms with van der Waals surface area (Å²) in [6, 6.07) is 0. The number of hydrogen-bond acceptors (Lipinski definition) is 8. The van der Waals surface area contributed by atoms with Crippen molar-refractivity contribution < 1.29 is 42.1 Å². The van der Waals surface area contributed by atoms with E-state index in [2.05, 4.69) is 160 Å². The third-order valence-electron chi connectivity index (χ3n) is 14.3. The number of unbranched alkanes of at least 4 members (excludes halogenated alkanes) is 24. The molecule has 0 bridgehead atoms. The van der Waals surface area contributed by atoms with Crippen LogP contribution in [0, 0.1) is 0 Å². The highest BCUT2D eigenvalue weighted by atomic mass is 31.2. The fourth-order valence-electron chi connectivity index (χ4n) is 9.07. The van der Waals surface area contributed by atoms with Crippen LogP contribution in [0.4, 0.5) is 0 Å². The molecule has 9 nitrogen and oxygen atoms in total. The van der Waals surface area contributed by atoms with Crippen LogP contribution in [-0.4, -0.2) is 70.0 Å². The smallest absolute Gasteiger partial charge is 0.306 e. The standard InChI is InChI=1S/C76H128NO8P/c1-6-8-10-12-14-16-18-20-22-24-26-28-30-31-32-33-34-35-36-37-38-39-40-41-42-43-44-45-47-49-51-53-55-57-59-61-63-65-67-69-76(79)85-74(73-84-86(80,81)83-71-70-77(3,4)5)72-82-75(78)68-66-64-62-60-58-56-54-52-50-48-46-29-27-25-23-21-19-17-15-13-11-9-7-2/h8,10,14,16,19-22,25-28,31-32,34-35,37-38,40-41,43-44,46,48,74H,6-7,9,11-13,15,17-18,23-24,29-30,33,36,39,42,45,47,49-73H2,1-5H3/b10-8-,16-14-,21-19-,22-20-,27-25-,28-26-,32-31-,35-34-,38-37-,41-40-,44-43-,48-46-. The van der Waals surface area contributed by atoms with Gasteiger partial charge in [-0.15, -0.1) is 0 Å². The number of phosphoric ester groups is 1. The molecule has 0 saturated heterocycles. The van der Waals surface area contributed by atoms with Crippen molar-refractivity contribution in [2.24, 2.45) is 0 Å². The Bertz CT molecular complexity index is 1960. The molecule has 10 heteroatoms. The van der Waals surface area contributed by atoms with Crippen molar-refractivity contribution in [3.05, 3.63) is 146 Å². The molecule has 2 atom stereocenters. The SMILES string of the molecule is CC/C=C\C/C=C\C/C=C\C/C=C\C/C=C\C/C=C\C/C=C\C/C=C\C/C=C\CCCCCCCCCCCCCC(=O)OC(COC(=O)CCCCCCCCCC/C=C\C/C=C\C/C=C\CCCCCCC)COP(=O)([O-])OCC[N+](C)(C)C. The third kappa shape index (κ3) is 69.0. The minimum absolute atomic E-state index is 0.0393. The van der Waals surface area contributed by atoms with E-state index in [0.29, 0.717) is 17.4 Å². The second kappa shape index (κ2) is 65.3. The van der Waals surface area contributed by atoms with Gasteiger partial charge < -0.3 is 27.9 Å². The molecule has 0 rings (SSSR count). The molecule has 0 aromatic heterocycles. The predicted octanol–water partition coefficient (Wildman–Crippen LogP) is 22.0. The Balaban J connectivity index is 4.11. The molecular weight excluding hydrogens is 1090 g/mol. The summed E-state index contributed by atoms with van der Waals surface area (Å²) in [5.74, 6) is -0.849. The lowest BCUT2D eigenvalue weighted by molar-refractivity contribution is -0.870. The number of rotatable bonds is 62. The van der Waals surface area contributed by atoms with Gasteiger partial charge in [-0.2, -0.15) is 0 Å². The molecule has 0 spiro atoms. The van der Waals surface area contributed by atoms with Crippen molar-refractivity contribution in [2.75, 3.05) is 47.5 Å². The van der Waals surface area contributed by atoms with E-state index in [1.54, 1.807) is 0 Å². The average molecular weight is 1210 g/mol. The van der Waals surface area contributed by atoms with Crippen molar-refractivity contribution in [1.82, 2.24) is 0 Å². The number of hydrogen-bond donors (Lipinski definition) is 0. The normalized spacial score (nSPS) is 14.1. The molecule has 2 unspecified atom stereocenters. The summed E-state index contributed by atoms with van der Waals surface area (Å²) >= 11 is 0. The largest absolute Gasteiger partial charge is 0.756 e. The van der Waals surface area contributed by atoms with Gasteiger partial charge in [-0.1, -0.05) is 282 Å². The summed E-state index contributed by atoms with van der Waals surface area (Å²) in [6.45, 7) is 4.10. The molecular formula is C76H128NO8P. The number of allylic oxidation sites excluding steroid dienone is 24. The summed E-state index contributed by atoms with van der Waals surface area (Å²) in [7, 11) is 1.15. The van der Waals surface area contributed by atoms with Gasteiger partial charge in [0.2, 0.25) is 0 Å². The van der Waals surface area contributed by atoms with Crippen LogP contribution in [0.1, 0.15) is 271 Å². The van der Waals surface area contributed by atoms with Crippen molar-refractivity contribution in [3.63, 3.8) is 0 Å². The van der Waals surface area contributed by atoms with Gasteiger partial charge in [-0.25, -0.2) is 0 Å². The average Bonchev–Trinajstić information content (AvgIpc) is 3.56. The zero-order chi connectivity index (χ0) is 62.6. The predicted molar refractivity (Wildman–Crippen MR) is 369 cm³/mol. The van der Waals surface area contributed by atoms with Crippen LogP contribution in [0.2, 0.25) is 0 Å². The maximum absolute atomic E-state index is 12.9. The molecule has 0 N–H and O–H groups in total. The lowest BCUT2D eigenvalue weighted by atomic mass is 10.0. The number of esters is 2. The summed E-state index contributed by atoms with van der Waals surface area (Å²) in [5.41, 5.74) is 0. The molecule has 0 saturated carbocycles. The zero-order valence-corrected chi connectivity index (χ0v) is 56.6. The second-order valence-electron chi connectivity index (χ2n) is 23.8. The molecule has 0 aromatic carbocycles. The number of phosphoric acid groups is 1. The van der Waals surface area contributed by atoms with Gasteiger partial charge >= 0.3 is 11.9 Å². The van der Waals surface area contributed by atoms with Crippen LogP contribution in [-0.2, 0) is 32.7 Å². The number of quaternary nitrogens is 1. The molecule has 0 fully saturated rings. The lowest BCUT2D eigenvalue weighted by Gasteiger charge is -2.28. The molecule has 490 valence electrons. The molecule has 0 amide bonds. The molecule has 0 aromatic rings. The Morgan fingerprint density at radius 1 is 0.372 bits per heavy atom. The Morgan fingerprint density at radius 2 is 0.663 bits per heavy atom. The number of ether oxygens (including phenoxy) is 2. The van der Waals surface area contributed by atoms with E-state index in [4.69, 9.17) is 18.5 Å². The quantitative estimate of drug-likeness (QED) is 0.0195. The van der Waals surface area contributed by atoms with Crippen LogP contribution in [0.15, 0.2) is 146 Å². The first-order valence-corrected chi connectivity index (χ1v) is 36.0. The topological polar surface area (TPSA) is 111 Å². The van der Waals surface area contributed by atoms with Crippen LogP contribution >= 0.6 is 7.82 Å². The van der Waals surface area contributed by atoms with Gasteiger partial charge in [0.25, 0.3) is 7.82 Å². The van der Waals surface area contributed by atoms with Crippen molar-refractivity contribution >= 4 is 19.8 Å². The van der Waals surface area contributed by atoms with Crippen LogP contribution in [0.5, 0.6) is 0 Å². The Morgan fingerprint density at radius 3 is 0.988 bits per heavy atom. The Kier molecular flexibility index (Phi) is 62.2. The Hall–Kier alpha value is -4.11. The molecule has 0 aliphatic carbocycles. The highest BCUT2D eigenvalue weighted by molar-refractivity contribution is 7.45.